The Balaban J connectivity index is 0.000000184. The fraction of sp³-hybridized carbons (Fsp3) is 0.571. The van der Waals surface area contributed by atoms with Crippen LogP contribution < -0.4 is 0 Å². The second-order valence-electron chi connectivity index (χ2n) is 4.62. The van der Waals surface area contributed by atoms with Crippen LogP contribution in [-0.4, -0.2) is 47.7 Å². The van der Waals surface area contributed by atoms with Crippen LogP contribution in [0, 0.1) is 0 Å². The highest BCUT2D eigenvalue weighted by Gasteiger charge is 2.25. The number of amides is 1. The lowest BCUT2D eigenvalue weighted by molar-refractivity contribution is -0.125. The number of hydrogen-bond donors (Lipinski definition) is 0. The number of hydrogen-bond acceptors (Lipinski definition) is 3. The first-order valence-electron chi connectivity index (χ1n) is 6.38. The van der Waals surface area contributed by atoms with E-state index in [-0.39, 0.29) is 17.7 Å². The van der Waals surface area contributed by atoms with E-state index in [0.717, 1.165) is 32.4 Å². The summed E-state index contributed by atoms with van der Waals surface area (Å²) in [4.78, 5) is 25.5. The highest BCUT2D eigenvalue weighted by Crippen LogP contribution is 2.15. The first kappa shape index (κ1) is 14.6. The van der Waals surface area contributed by atoms with Crippen molar-refractivity contribution in [1.82, 2.24) is 9.80 Å². The number of ketones is 1. The summed E-state index contributed by atoms with van der Waals surface area (Å²) in [6.07, 6.45) is 6.85. The van der Waals surface area contributed by atoms with E-state index in [4.69, 9.17) is 0 Å². The van der Waals surface area contributed by atoms with Crippen molar-refractivity contribution < 1.29 is 9.59 Å². The second kappa shape index (κ2) is 7.11. The molecule has 0 spiro atoms. The van der Waals surface area contributed by atoms with Crippen LogP contribution in [0.25, 0.3) is 0 Å². The summed E-state index contributed by atoms with van der Waals surface area (Å²) in [5.74, 6) is 0.375. The molecule has 0 aromatic heterocycles. The van der Waals surface area contributed by atoms with E-state index in [1.54, 1.807) is 11.1 Å². The first-order valence-corrected chi connectivity index (χ1v) is 6.38. The SMILES string of the molecule is C=CC(=O)C1CCCN1C.C=CN1CCCC1=O. The summed E-state index contributed by atoms with van der Waals surface area (Å²) in [5.41, 5.74) is 0. The lowest BCUT2D eigenvalue weighted by Crippen LogP contribution is -2.31. The molecular weight excluding hydrogens is 228 g/mol. The van der Waals surface area contributed by atoms with Crippen molar-refractivity contribution in [2.24, 2.45) is 0 Å². The van der Waals surface area contributed by atoms with Gasteiger partial charge in [-0.25, -0.2) is 0 Å². The molecule has 0 radical (unpaired) electrons. The fourth-order valence-corrected chi connectivity index (χ4v) is 2.27. The Morgan fingerprint density at radius 2 is 2.06 bits per heavy atom. The van der Waals surface area contributed by atoms with Crippen molar-refractivity contribution in [3.05, 3.63) is 25.4 Å². The van der Waals surface area contributed by atoms with Gasteiger partial charge in [-0.1, -0.05) is 13.2 Å². The van der Waals surface area contributed by atoms with E-state index in [1.165, 1.54) is 6.08 Å². The number of nitrogens with zero attached hydrogens (tertiary/aromatic N) is 2. The van der Waals surface area contributed by atoms with Crippen molar-refractivity contribution in [2.45, 2.75) is 31.7 Å². The Labute approximate surface area is 109 Å². The van der Waals surface area contributed by atoms with Crippen molar-refractivity contribution in [3.8, 4) is 0 Å². The normalized spacial score (nSPS) is 23.5. The molecule has 4 heteroatoms. The fourth-order valence-electron chi connectivity index (χ4n) is 2.27. The van der Waals surface area contributed by atoms with Gasteiger partial charge in [-0.05, 0) is 45.1 Å². The van der Waals surface area contributed by atoms with E-state index in [1.807, 2.05) is 7.05 Å². The largest absolute Gasteiger partial charge is 0.320 e. The van der Waals surface area contributed by atoms with Gasteiger partial charge in [-0.15, -0.1) is 0 Å². The van der Waals surface area contributed by atoms with Crippen LogP contribution in [0.3, 0.4) is 0 Å². The smallest absolute Gasteiger partial charge is 0.226 e. The van der Waals surface area contributed by atoms with Crippen LogP contribution in [-0.2, 0) is 9.59 Å². The number of likely N-dealkylation sites (N-methyl/N-ethyl adjacent to an activating group) is 1. The number of carbonyl (C=O) groups is 2. The maximum atomic E-state index is 11.1. The standard InChI is InChI=1S/C8H13NO.C6H9NO/c1-3-8(10)7-5-4-6-9(7)2;1-2-7-5-3-4-6(7)8/h3,7H,1,4-6H2,2H3;2H,1,3-5H2. The molecule has 1 unspecified atom stereocenters. The average Bonchev–Trinajstić information content (AvgIpc) is 2.97. The molecule has 1 atom stereocenters. The quantitative estimate of drug-likeness (QED) is 0.714. The van der Waals surface area contributed by atoms with Crippen LogP contribution in [0.4, 0.5) is 0 Å². The molecule has 2 heterocycles. The molecule has 2 rings (SSSR count). The Bertz CT molecular complexity index is 339. The first-order chi connectivity index (χ1) is 8.60. The topological polar surface area (TPSA) is 40.6 Å². The minimum atomic E-state index is 0.123. The summed E-state index contributed by atoms with van der Waals surface area (Å²) in [5, 5.41) is 0. The van der Waals surface area contributed by atoms with Crippen molar-refractivity contribution >= 4 is 11.7 Å². The summed E-state index contributed by atoms with van der Waals surface area (Å²) in [7, 11) is 1.99. The maximum absolute atomic E-state index is 11.1. The molecule has 100 valence electrons. The predicted molar refractivity (Wildman–Crippen MR) is 72.0 cm³/mol. The molecule has 2 aliphatic rings. The summed E-state index contributed by atoms with van der Waals surface area (Å²) in [6.45, 7) is 8.87. The third-order valence-electron chi connectivity index (χ3n) is 3.38. The van der Waals surface area contributed by atoms with Gasteiger partial charge in [0.25, 0.3) is 0 Å². The van der Waals surface area contributed by atoms with Gasteiger partial charge in [0, 0.05) is 13.0 Å². The summed E-state index contributed by atoms with van der Waals surface area (Å²) in [6, 6.07) is 0.123. The lowest BCUT2D eigenvalue weighted by atomic mass is 10.1. The van der Waals surface area contributed by atoms with Crippen LogP contribution in [0.5, 0.6) is 0 Å². The van der Waals surface area contributed by atoms with Crippen LogP contribution in [0.1, 0.15) is 25.7 Å². The third-order valence-corrected chi connectivity index (χ3v) is 3.38. The molecule has 4 nitrogen and oxygen atoms in total. The van der Waals surface area contributed by atoms with E-state index >= 15 is 0 Å². The van der Waals surface area contributed by atoms with E-state index in [0.29, 0.717) is 6.42 Å². The van der Waals surface area contributed by atoms with Crippen LogP contribution in [0.2, 0.25) is 0 Å². The minimum absolute atomic E-state index is 0.123. The van der Waals surface area contributed by atoms with E-state index < -0.39 is 0 Å². The van der Waals surface area contributed by atoms with Crippen LogP contribution in [0.15, 0.2) is 25.4 Å². The van der Waals surface area contributed by atoms with Crippen molar-refractivity contribution in [1.29, 1.82) is 0 Å². The predicted octanol–water partition coefficient (Wildman–Crippen LogP) is 1.59. The Kier molecular flexibility index (Phi) is 5.78. The van der Waals surface area contributed by atoms with Crippen LogP contribution >= 0.6 is 0 Å². The van der Waals surface area contributed by atoms with Gasteiger partial charge in [0.15, 0.2) is 5.78 Å². The number of likely N-dealkylation sites (tertiary alicyclic amines) is 2. The molecule has 0 aromatic carbocycles. The molecule has 2 saturated heterocycles. The molecule has 0 saturated carbocycles. The molecule has 0 bridgehead atoms. The van der Waals surface area contributed by atoms with Gasteiger partial charge in [-0.3, -0.25) is 14.5 Å². The molecule has 0 aliphatic carbocycles. The monoisotopic (exact) mass is 250 g/mol. The zero-order valence-corrected chi connectivity index (χ0v) is 11.1. The Morgan fingerprint density at radius 1 is 1.33 bits per heavy atom. The molecule has 0 N–H and O–H groups in total. The molecule has 0 aromatic rings. The highest BCUT2D eigenvalue weighted by molar-refractivity contribution is 5.93. The zero-order chi connectivity index (χ0) is 13.5. The summed E-state index contributed by atoms with van der Waals surface area (Å²) < 4.78 is 0. The van der Waals surface area contributed by atoms with Gasteiger partial charge in [0.2, 0.25) is 5.91 Å². The van der Waals surface area contributed by atoms with Gasteiger partial charge in [0.1, 0.15) is 0 Å². The van der Waals surface area contributed by atoms with E-state index in [9.17, 15) is 9.59 Å². The minimum Gasteiger partial charge on any atom is -0.320 e. The second-order valence-corrected chi connectivity index (χ2v) is 4.62. The van der Waals surface area contributed by atoms with Crippen molar-refractivity contribution in [2.75, 3.05) is 20.1 Å². The number of carbonyl (C=O) groups excluding carboxylic acids is 2. The third kappa shape index (κ3) is 3.81. The molecular formula is C14H22N2O2. The van der Waals surface area contributed by atoms with Crippen molar-refractivity contribution in [3.63, 3.8) is 0 Å². The summed E-state index contributed by atoms with van der Waals surface area (Å²) >= 11 is 0. The van der Waals surface area contributed by atoms with Gasteiger partial charge < -0.3 is 4.90 Å². The maximum Gasteiger partial charge on any atom is 0.226 e. The number of rotatable bonds is 3. The Hall–Kier alpha value is -1.42. The van der Waals surface area contributed by atoms with Gasteiger partial charge >= 0.3 is 0 Å². The Morgan fingerprint density at radius 3 is 2.39 bits per heavy atom. The lowest BCUT2D eigenvalue weighted by Gasteiger charge is -2.15. The average molecular weight is 250 g/mol. The molecule has 1 amide bonds. The van der Waals surface area contributed by atoms with Gasteiger partial charge in [-0.2, -0.15) is 0 Å². The van der Waals surface area contributed by atoms with Gasteiger partial charge in [0.05, 0.1) is 6.04 Å². The molecule has 2 aliphatic heterocycles. The molecule has 18 heavy (non-hydrogen) atoms. The molecule has 2 fully saturated rings. The highest BCUT2D eigenvalue weighted by atomic mass is 16.2. The van der Waals surface area contributed by atoms with E-state index in [2.05, 4.69) is 18.1 Å². The zero-order valence-electron chi connectivity index (χ0n) is 11.1.